The van der Waals surface area contributed by atoms with Crippen LogP contribution in [0.1, 0.15) is 75.4 Å². The Kier molecular flexibility index (Phi) is 11.3. The number of rotatable bonds is 16. The van der Waals surface area contributed by atoms with E-state index in [0.717, 1.165) is 60.8 Å². The molecule has 3 aromatic rings. The van der Waals surface area contributed by atoms with E-state index < -0.39 is 6.43 Å². The number of nitrogens with one attached hydrogen (secondary N) is 1. The molecule has 7 nitrogen and oxygen atoms in total. The highest BCUT2D eigenvalue weighted by atomic mass is 19.3. The Morgan fingerprint density at radius 1 is 1.07 bits per heavy atom. The molecule has 1 aliphatic heterocycles. The van der Waals surface area contributed by atoms with Crippen LogP contribution in [0.5, 0.6) is 5.75 Å². The number of unbranched alkanes of at least 4 members (excludes halogenated alkanes) is 5. The van der Waals surface area contributed by atoms with Crippen molar-refractivity contribution in [1.29, 1.82) is 0 Å². The zero-order valence-electron chi connectivity index (χ0n) is 23.5. The van der Waals surface area contributed by atoms with Gasteiger partial charge < -0.3 is 19.2 Å². The summed E-state index contributed by atoms with van der Waals surface area (Å²) in [5, 5.41) is 1.15. The number of aromatic amines is 1. The Morgan fingerprint density at radius 3 is 2.55 bits per heavy atom. The average Bonchev–Trinajstić information content (AvgIpc) is 3.30. The Hall–Kier alpha value is -3.04. The maximum absolute atomic E-state index is 13.6. The van der Waals surface area contributed by atoms with Crippen molar-refractivity contribution in [2.24, 2.45) is 0 Å². The van der Waals surface area contributed by atoms with Crippen molar-refractivity contribution >= 4 is 16.9 Å². The summed E-state index contributed by atoms with van der Waals surface area (Å²) < 4.78 is 43.2. The van der Waals surface area contributed by atoms with E-state index >= 15 is 0 Å². The van der Waals surface area contributed by atoms with Crippen molar-refractivity contribution in [3.05, 3.63) is 59.5 Å². The third-order valence-corrected chi connectivity index (χ3v) is 7.38. The number of pyridine rings is 1. The second-order valence-electron chi connectivity index (χ2n) is 10.4. The Bertz CT molecular complexity index is 1200. The number of esters is 1. The highest BCUT2D eigenvalue weighted by molar-refractivity contribution is 5.85. The number of ether oxygens (including phenoxy) is 3. The fourth-order valence-electron chi connectivity index (χ4n) is 5.47. The van der Waals surface area contributed by atoms with Gasteiger partial charge in [-0.1, -0.05) is 43.9 Å². The summed E-state index contributed by atoms with van der Waals surface area (Å²) >= 11 is 0. The second kappa shape index (κ2) is 15.1. The number of nitrogens with zero attached hydrogens (tertiary/aromatic N) is 2. The lowest BCUT2D eigenvalue weighted by atomic mass is 9.90. The molecular formula is C31H41F2N3O4. The Balaban J connectivity index is 1.24. The van der Waals surface area contributed by atoms with E-state index in [1.165, 1.54) is 5.56 Å². The fraction of sp³-hybridized carbons (Fsp3) is 0.548. The first-order valence-electron chi connectivity index (χ1n) is 14.4. The molecule has 0 fully saturated rings. The number of hydrogen-bond donors (Lipinski definition) is 1. The van der Waals surface area contributed by atoms with Gasteiger partial charge in [0.05, 0.1) is 37.7 Å². The molecule has 218 valence electrons. The van der Waals surface area contributed by atoms with E-state index in [2.05, 4.69) is 16.0 Å². The van der Waals surface area contributed by atoms with Gasteiger partial charge >= 0.3 is 5.97 Å². The monoisotopic (exact) mass is 557 g/mol. The SMILES string of the molecule is CCOC(=O)COCCCCCCCCOc1ccc([C@@H]2c3[nH]c4ccccc4c3C[C@@H](C)N2CC(F)F)nc1. The first-order valence-corrected chi connectivity index (χ1v) is 14.4. The highest BCUT2D eigenvalue weighted by Gasteiger charge is 2.37. The zero-order chi connectivity index (χ0) is 28.3. The largest absolute Gasteiger partial charge is 0.492 e. The summed E-state index contributed by atoms with van der Waals surface area (Å²) in [6, 6.07) is 11.5. The van der Waals surface area contributed by atoms with Crippen LogP contribution in [-0.4, -0.2) is 66.3 Å². The molecule has 0 radical (unpaired) electrons. The predicted octanol–water partition coefficient (Wildman–Crippen LogP) is 6.46. The van der Waals surface area contributed by atoms with Gasteiger partial charge in [-0.3, -0.25) is 9.88 Å². The standard InChI is InChI=1S/C31H41F2N3O4/c1-3-39-29(37)21-38-16-10-6-4-5-7-11-17-40-23-14-15-27(34-19-23)31-30-25(18-22(2)36(31)20-28(32)33)24-12-8-9-13-26(24)35-30/h8-9,12-15,19,22,28,31,35H,3-7,10-11,16-18,20-21H2,1-2H3/t22-,31-/m1/s1. The Morgan fingerprint density at radius 2 is 1.82 bits per heavy atom. The van der Waals surface area contributed by atoms with Gasteiger partial charge in [-0.05, 0) is 56.9 Å². The number of benzene rings is 1. The molecule has 4 rings (SSSR count). The quantitative estimate of drug-likeness (QED) is 0.161. The Labute approximate surface area is 235 Å². The van der Waals surface area contributed by atoms with Crippen LogP contribution in [0.25, 0.3) is 10.9 Å². The zero-order valence-corrected chi connectivity index (χ0v) is 23.5. The number of halogens is 2. The van der Waals surface area contributed by atoms with E-state index in [0.29, 0.717) is 32.0 Å². The van der Waals surface area contributed by atoms with Gasteiger partial charge in [0, 0.05) is 29.2 Å². The molecule has 40 heavy (non-hydrogen) atoms. The number of H-pyrrole nitrogens is 1. The molecule has 0 unspecified atom stereocenters. The summed E-state index contributed by atoms with van der Waals surface area (Å²) in [5.41, 5.74) is 3.89. The van der Waals surface area contributed by atoms with E-state index in [-0.39, 0.29) is 31.2 Å². The molecule has 1 aliphatic rings. The van der Waals surface area contributed by atoms with E-state index in [9.17, 15) is 13.6 Å². The number of carbonyl (C=O) groups excluding carboxylic acids is 1. The van der Waals surface area contributed by atoms with E-state index in [1.807, 2.05) is 42.2 Å². The van der Waals surface area contributed by atoms with Crippen molar-refractivity contribution < 1.29 is 27.8 Å². The molecule has 1 N–H and O–H groups in total. The summed E-state index contributed by atoms with van der Waals surface area (Å²) in [6.45, 7) is 5.07. The average molecular weight is 558 g/mol. The second-order valence-corrected chi connectivity index (χ2v) is 10.4. The lowest BCUT2D eigenvalue weighted by Gasteiger charge is -2.40. The molecule has 0 saturated heterocycles. The molecular weight excluding hydrogens is 516 g/mol. The number of fused-ring (bicyclic) bond motifs is 3. The van der Waals surface area contributed by atoms with Gasteiger partial charge in [-0.2, -0.15) is 0 Å². The maximum Gasteiger partial charge on any atom is 0.332 e. The van der Waals surface area contributed by atoms with Gasteiger partial charge in [0.1, 0.15) is 12.4 Å². The predicted molar refractivity (Wildman–Crippen MR) is 151 cm³/mol. The van der Waals surface area contributed by atoms with Crippen LogP contribution < -0.4 is 4.74 Å². The molecule has 2 aromatic heterocycles. The summed E-state index contributed by atoms with van der Waals surface area (Å²) in [5.74, 6) is 0.372. The number of para-hydroxylation sites is 1. The first kappa shape index (κ1) is 29.9. The topological polar surface area (TPSA) is 76.7 Å². The van der Waals surface area contributed by atoms with Crippen LogP contribution in [0.4, 0.5) is 8.78 Å². The van der Waals surface area contributed by atoms with Crippen molar-refractivity contribution in [1.82, 2.24) is 14.9 Å². The third kappa shape index (κ3) is 8.01. The minimum absolute atomic E-state index is 0.0266. The molecule has 0 bridgehead atoms. The minimum Gasteiger partial charge on any atom is -0.492 e. The normalized spacial score (nSPS) is 17.3. The molecule has 0 aliphatic carbocycles. The van der Waals surface area contributed by atoms with Crippen LogP contribution >= 0.6 is 0 Å². The van der Waals surface area contributed by atoms with E-state index in [4.69, 9.17) is 14.2 Å². The number of carbonyl (C=O) groups is 1. The van der Waals surface area contributed by atoms with Gasteiger partial charge in [-0.25, -0.2) is 13.6 Å². The van der Waals surface area contributed by atoms with Crippen LogP contribution in [0.2, 0.25) is 0 Å². The molecule has 9 heteroatoms. The molecule has 0 amide bonds. The summed E-state index contributed by atoms with van der Waals surface area (Å²) in [4.78, 5) is 21.3. The van der Waals surface area contributed by atoms with Crippen molar-refractivity contribution in [3.8, 4) is 5.75 Å². The third-order valence-electron chi connectivity index (χ3n) is 7.38. The number of hydrogen-bond acceptors (Lipinski definition) is 6. The smallest absolute Gasteiger partial charge is 0.332 e. The molecule has 0 saturated carbocycles. The summed E-state index contributed by atoms with van der Waals surface area (Å²) in [6.07, 6.45) is 6.24. The van der Waals surface area contributed by atoms with Crippen molar-refractivity contribution in [3.63, 3.8) is 0 Å². The summed E-state index contributed by atoms with van der Waals surface area (Å²) in [7, 11) is 0. The number of alkyl halides is 2. The van der Waals surface area contributed by atoms with Crippen LogP contribution in [0.3, 0.4) is 0 Å². The van der Waals surface area contributed by atoms with Gasteiger partial charge in [0.2, 0.25) is 0 Å². The van der Waals surface area contributed by atoms with Crippen LogP contribution in [-0.2, 0) is 20.7 Å². The molecule has 2 atom stereocenters. The van der Waals surface area contributed by atoms with Crippen LogP contribution in [0.15, 0.2) is 42.6 Å². The minimum atomic E-state index is -2.43. The lowest BCUT2D eigenvalue weighted by Crippen LogP contribution is -2.45. The highest BCUT2D eigenvalue weighted by Crippen LogP contribution is 2.40. The van der Waals surface area contributed by atoms with E-state index in [1.54, 1.807) is 13.1 Å². The first-order chi connectivity index (χ1) is 19.5. The lowest BCUT2D eigenvalue weighted by molar-refractivity contribution is -0.148. The van der Waals surface area contributed by atoms with Gasteiger partial charge in [0.15, 0.2) is 0 Å². The fourth-order valence-corrected chi connectivity index (χ4v) is 5.47. The molecule has 3 heterocycles. The van der Waals surface area contributed by atoms with Gasteiger partial charge in [0.25, 0.3) is 6.43 Å². The van der Waals surface area contributed by atoms with Crippen molar-refractivity contribution in [2.45, 2.75) is 77.3 Å². The number of aromatic nitrogens is 2. The maximum atomic E-state index is 13.6. The van der Waals surface area contributed by atoms with Crippen LogP contribution in [0, 0.1) is 0 Å². The molecule has 1 aromatic carbocycles. The molecule has 0 spiro atoms. The van der Waals surface area contributed by atoms with Crippen molar-refractivity contribution in [2.75, 3.05) is 33.0 Å². The van der Waals surface area contributed by atoms with Gasteiger partial charge in [-0.15, -0.1) is 0 Å².